The molecule has 1 aromatic carbocycles. The summed E-state index contributed by atoms with van der Waals surface area (Å²) < 4.78 is 23.4. The summed E-state index contributed by atoms with van der Waals surface area (Å²) in [6, 6.07) is 6.00. The molecule has 0 radical (unpaired) electrons. The van der Waals surface area contributed by atoms with Gasteiger partial charge in [-0.25, -0.2) is 4.39 Å². The van der Waals surface area contributed by atoms with Crippen LogP contribution in [0.25, 0.3) is 0 Å². The van der Waals surface area contributed by atoms with Gasteiger partial charge in [0.1, 0.15) is 18.2 Å². The molecular weight excluding hydrogens is 273 g/mol. The second-order valence-electron chi connectivity index (χ2n) is 5.19. The third-order valence-corrected chi connectivity index (χ3v) is 3.62. The average Bonchev–Trinajstić information content (AvgIpc) is 2.50. The molecule has 0 aliphatic carbocycles. The molecule has 1 heterocycles. The Labute approximate surface area is 124 Å². The van der Waals surface area contributed by atoms with Gasteiger partial charge in [0.15, 0.2) is 0 Å². The monoisotopic (exact) mass is 295 g/mol. The summed E-state index contributed by atoms with van der Waals surface area (Å²) in [6.07, 6.45) is 1.90. The number of piperidine rings is 1. The SMILES string of the molecule is CCOC(=O)[C@H]1CCCN(CCOc2ccc(F)cc2)C1. The normalized spacial score (nSPS) is 19.2. The average molecular weight is 295 g/mol. The Hall–Kier alpha value is -1.62. The molecule has 0 amide bonds. The molecule has 116 valence electrons. The summed E-state index contributed by atoms with van der Waals surface area (Å²) in [5.41, 5.74) is 0. The fourth-order valence-electron chi connectivity index (χ4n) is 2.53. The van der Waals surface area contributed by atoms with Gasteiger partial charge in [0, 0.05) is 13.1 Å². The standard InChI is InChI=1S/C16H22FNO3/c1-2-20-16(19)13-4-3-9-18(12-13)10-11-21-15-7-5-14(17)6-8-15/h5-8,13H,2-4,9-12H2,1H3/t13-/m0/s1. The summed E-state index contributed by atoms with van der Waals surface area (Å²) in [7, 11) is 0. The fourth-order valence-corrected chi connectivity index (χ4v) is 2.53. The lowest BCUT2D eigenvalue weighted by Crippen LogP contribution is -2.41. The molecule has 21 heavy (non-hydrogen) atoms. The molecule has 1 aromatic rings. The van der Waals surface area contributed by atoms with Crippen LogP contribution in [0.4, 0.5) is 4.39 Å². The van der Waals surface area contributed by atoms with Crippen molar-refractivity contribution in [3.8, 4) is 5.75 Å². The molecule has 4 nitrogen and oxygen atoms in total. The number of hydrogen-bond donors (Lipinski definition) is 0. The highest BCUT2D eigenvalue weighted by Crippen LogP contribution is 2.18. The molecule has 0 saturated carbocycles. The zero-order valence-electron chi connectivity index (χ0n) is 12.4. The van der Waals surface area contributed by atoms with E-state index in [1.807, 2.05) is 6.92 Å². The van der Waals surface area contributed by atoms with E-state index in [0.29, 0.717) is 19.0 Å². The maximum Gasteiger partial charge on any atom is 0.310 e. The predicted molar refractivity (Wildman–Crippen MR) is 77.7 cm³/mol. The number of carbonyl (C=O) groups is 1. The van der Waals surface area contributed by atoms with E-state index in [4.69, 9.17) is 9.47 Å². The fraction of sp³-hybridized carbons (Fsp3) is 0.562. The topological polar surface area (TPSA) is 38.8 Å². The highest BCUT2D eigenvalue weighted by Gasteiger charge is 2.26. The van der Waals surface area contributed by atoms with Crippen LogP contribution >= 0.6 is 0 Å². The van der Waals surface area contributed by atoms with Crippen molar-refractivity contribution in [3.63, 3.8) is 0 Å². The second-order valence-corrected chi connectivity index (χ2v) is 5.19. The van der Waals surface area contributed by atoms with E-state index < -0.39 is 0 Å². The number of ether oxygens (including phenoxy) is 2. The van der Waals surface area contributed by atoms with Crippen molar-refractivity contribution in [2.24, 2.45) is 5.92 Å². The molecule has 0 aromatic heterocycles. The van der Waals surface area contributed by atoms with Crippen LogP contribution in [0, 0.1) is 11.7 Å². The number of hydrogen-bond acceptors (Lipinski definition) is 4. The van der Waals surface area contributed by atoms with Gasteiger partial charge < -0.3 is 9.47 Å². The van der Waals surface area contributed by atoms with E-state index in [1.165, 1.54) is 12.1 Å². The van der Waals surface area contributed by atoms with Gasteiger partial charge in [-0.15, -0.1) is 0 Å². The summed E-state index contributed by atoms with van der Waals surface area (Å²) in [5.74, 6) is 0.275. The maximum absolute atomic E-state index is 12.8. The Bertz CT molecular complexity index is 449. The number of nitrogens with zero attached hydrogens (tertiary/aromatic N) is 1. The Morgan fingerprint density at radius 3 is 2.86 bits per heavy atom. The van der Waals surface area contributed by atoms with Crippen molar-refractivity contribution in [1.29, 1.82) is 0 Å². The molecule has 0 spiro atoms. The zero-order chi connectivity index (χ0) is 15.1. The van der Waals surface area contributed by atoms with Crippen LogP contribution < -0.4 is 4.74 Å². The number of halogens is 1. The zero-order valence-corrected chi connectivity index (χ0v) is 12.4. The van der Waals surface area contributed by atoms with Crippen LogP contribution in [0.15, 0.2) is 24.3 Å². The number of esters is 1. The van der Waals surface area contributed by atoms with E-state index in [-0.39, 0.29) is 17.7 Å². The molecule has 1 atom stereocenters. The van der Waals surface area contributed by atoms with Crippen molar-refractivity contribution in [2.45, 2.75) is 19.8 Å². The van der Waals surface area contributed by atoms with Crippen molar-refractivity contribution in [1.82, 2.24) is 4.90 Å². The van der Waals surface area contributed by atoms with E-state index in [1.54, 1.807) is 12.1 Å². The van der Waals surface area contributed by atoms with Crippen LogP contribution in [-0.4, -0.2) is 43.7 Å². The van der Waals surface area contributed by atoms with E-state index in [0.717, 1.165) is 32.5 Å². The lowest BCUT2D eigenvalue weighted by atomic mass is 9.98. The van der Waals surface area contributed by atoms with Crippen LogP contribution in [0.2, 0.25) is 0 Å². The van der Waals surface area contributed by atoms with Gasteiger partial charge in [0.2, 0.25) is 0 Å². The summed E-state index contributed by atoms with van der Waals surface area (Å²) in [5, 5.41) is 0. The Morgan fingerprint density at radius 1 is 1.38 bits per heavy atom. The summed E-state index contributed by atoms with van der Waals surface area (Å²) in [6.45, 7) is 5.25. The van der Waals surface area contributed by atoms with Gasteiger partial charge in [-0.2, -0.15) is 0 Å². The van der Waals surface area contributed by atoms with Crippen molar-refractivity contribution in [3.05, 3.63) is 30.1 Å². The van der Waals surface area contributed by atoms with Crippen molar-refractivity contribution in [2.75, 3.05) is 32.8 Å². The Kier molecular flexibility index (Phi) is 5.99. The molecule has 1 fully saturated rings. The molecule has 2 rings (SSSR count). The lowest BCUT2D eigenvalue weighted by molar-refractivity contribution is -0.150. The van der Waals surface area contributed by atoms with E-state index >= 15 is 0 Å². The molecule has 1 aliphatic heterocycles. The first-order valence-corrected chi connectivity index (χ1v) is 7.46. The smallest absolute Gasteiger partial charge is 0.310 e. The van der Waals surface area contributed by atoms with Gasteiger partial charge in [-0.3, -0.25) is 9.69 Å². The first-order chi connectivity index (χ1) is 10.2. The molecular formula is C16H22FNO3. The summed E-state index contributed by atoms with van der Waals surface area (Å²) in [4.78, 5) is 14.0. The Morgan fingerprint density at radius 2 is 2.14 bits per heavy atom. The molecule has 0 bridgehead atoms. The first-order valence-electron chi connectivity index (χ1n) is 7.46. The van der Waals surface area contributed by atoms with Crippen molar-refractivity contribution >= 4 is 5.97 Å². The van der Waals surface area contributed by atoms with E-state index in [9.17, 15) is 9.18 Å². The minimum Gasteiger partial charge on any atom is -0.492 e. The minimum absolute atomic E-state index is 0.0236. The number of likely N-dealkylation sites (tertiary alicyclic amines) is 1. The third-order valence-electron chi connectivity index (χ3n) is 3.62. The first kappa shape index (κ1) is 15.8. The minimum atomic E-state index is -0.268. The van der Waals surface area contributed by atoms with Gasteiger partial charge in [-0.1, -0.05) is 0 Å². The summed E-state index contributed by atoms with van der Waals surface area (Å²) >= 11 is 0. The molecule has 0 unspecified atom stereocenters. The van der Waals surface area contributed by atoms with Gasteiger partial charge in [0.25, 0.3) is 0 Å². The molecule has 1 aliphatic rings. The van der Waals surface area contributed by atoms with Crippen LogP contribution in [-0.2, 0) is 9.53 Å². The second kappa shape index (κ2) is 7.98. The quantitative estimate of drug-likeness (QED) is 0.756. The highest BCUT2D eigenvalue weighted by atomic mass is 19.1. The lowest BCUT2D eigenvalue weighted by Gasteiger charge is -2.31. The maximum atomic E-state index is 12.8. The molecule has 0 N–H and O–H groups in total. The Balaban J connectivity index is 1.72. The molecule has 1 saturated heterocycles. The van der Waals surface area contributed by atoms with Gasteiger partial charge >= 0.3 is 5.97 Å². The largest absolute Gasteiger partial charge is 0.492 e. The number of benzene rings is 1. The van der Waals surface area contributed by atoms with Crippen LogP contribution in [0.3, 0.4) is 0 Å². The predicted octanol–water partition coefficient (Wildman–Crippen LogP) is 2.48. The number of rotatable bonds is 6. The third kappa shape index (κ3) is 5.01. The number of carbonyl (C=O) groups excluding carboxylic acids is 1. The van der Waals surface area contributed by atoms with Gasteiger partial charge in [-0.05, 0) is 50.6 Å². The van der Waals surface area contributed by atoms with Crippen LogP contribution in [0.1, 0.15) is 19.8 Å². The van der Waals surface area contributed by atoms with Crippen molar-refractivity contribution < 1.29 is 18.7 Å². The van der Waals surface area contributed by atoms with E-state index in [2.05, 4.69) is 4.90 Å². The molecule has 5 heteroatoms. The highest BCUT2D eigenvalue weighted by molar-refractivity contribution is 5.72. The van der Waals surface area contributed by atoms with Crippen LogP contribution in [0.5, 0.6) is 5.75 Å². The van der Waals surface area contributed by atoms with Gasteiger partial charge in [0.05, 0.1) is 12.5 Å².